The molecule has 0 spiro atoms. The fourth-order valence-electron chi connectivity index (χ4n) is 1.31. The monoisotopic (exact) mass is 189 g/mol. The van der Waals surface area contributed by atoms with E-state index in [9.17, 15) is 10.2 Å². The smallest absolute Gasteiger partial charge is 0.198 e. The molecular formula is C6H11N3O4. The zero-order chi connectivity index (χ0) is 10.1. The Morgan fingerprint density at radius 2 is 2.23 bits per heavy atom. The zero-order valence-corrected chi connectivity index (χ0v) is 7.03. The van der Waals surface area contributed by atoms with E-state index in [2.05, 4.69) is 10.0 Å². The van der Waals surface area contributed by atoms with Gasteiger partial charge in [-0.05, 0) is 12.5 Å². The molecule has 0 aromatic rings. The summed E-state index contributed by atoms with van der Waals surface area (Å²) in [5.41, 5.74) is 6.45. The third-order valence-corrected chi connectivity index (χ3v) is 2.10. The molecular weight excluding hydrogens is 178 g/mol. The van der Waals surface area contributed by atoms with E-state index in [1.807, 2.05) is 0 Å². The van der Waals surface area contributed by atoms with Gasteiger partial charge < -0.3 is 20.1 Å². The van der Waals surface area contributed by atoms with E-state index in [1.54, 1.807) is 0 Å². The van der Waals surface area contributed by atoms with Crippen molar-refractivity contribution in [2.75, 3.05) is 6.61 Å². The van der Waals surface area contributed by atoms with Crippen molar-refractivity contribution >= 4 is 0 Å². The predicted octanol–water partition coefficient (Wildman–Crippen LogP) is -0.874. The maximum Gasteiger partial charge on any atom is 0.198 e. The SMILES string of the molecule is C[C@@H]1O[C@@](CO)(N=[N+]=[N-])C(O)[C@@H]1O. The summed E-state index contributed by atoms with van der Waals surface area (Å²) in [6, 6.07) is 0. The molecule has 0 amide bonds. The van der Waals surface area contributed by atoms with Crippen LogP contribution >= 0.6 is 0 Å². The fourth-order valence-corrected chi connectivity index (χ4v) is 1.31. The second-order valence-electron chi connectivity index (χ2n) is 2.95. The molecule has 1 heterocycles. The molecule has 1 aliphatic rings. The second-order valence-corrected chi connectivity index (χ2v) is 2.95. The minimum absolute atomic E-state index is 0.667. The average molecular weight is 189 g/mol. The molecule has 1 saturated heterocycles. The summed E-state index contributed by atoms with van der Waals surface area (Å²) < 4.78 is 4.99. The van der Waals surface area contributed by atoms with E-state index in [-0.39, 0.29) is 0 Å². The number of aliphatic hydroxyl groups is 3. The number of aliphatic hydroxyl groups excluding tert-OH is 3. The van der Waals surface area contributed by atoms with Crippen LogP contribution in [0.1, 0.15) is 6.92 Å². The van der Waals surface area contributed by atoms with Gasteiger partial charge >= 0.3 is 0 Å². The zero-order valence-electron chi connectivity index (χ0n) is 7.03. The van der Waals surface area contributed by atoms with Crippen LogP contribution in [0.5, 0.6) is 0 Å². The molecule has 1 rings (SSSR count). The van der Waals surface area contributed by atoms with Crippen molar-refractivity contribution in [1.82, 2.24) is 0 Å². The van der Waals surface area contributed by atoms with Gasteiger partial charge in [0.1, 0.15) is 12.2 Å². The Morgan fingerprint density at radius 3 is 2.54 bits per heavy atom. The van der Waals surface area contributed by atoms with E-state index in [0.29, 0.717) is 0 Å². The lowest BCUT2D eigenvalue weighted by atomic mass is 10.0. The van der Waals surface area contributed by atoms with Gasteiger partial charge in [-0.2, -0.15) is 0 Å². The summed E-state index contributed by atoms with van der Waals surface area (Å²) in [5, 5.41) is 30.7. The van der Waals surface area contributed by atoms with E-state index < -0.39 is 30.6 Å². The van der Waals surface area contributed by atoms with Gasteiger partial charge in [-0.3, -0.25) is 0 Å². The average Bonchev–Trinajstić information content (AvgIpc) is 2.32. The molecule has 0 saturated carbocycles. The first-order valence-corrected chi connectivity index (χ1v) is 3.78. The summed E-state index contributed by atoms with van der Waals surface area (Å²) in [6.45, 7) is 0.845. The van der Waals surface area contributed by atoms with Crippen molar-refractivity contribution in [3.8, 4) is 0 Å². The Labute approximate surface area is 74.2 Å². The van der Waals surface area contributed by atoms with Crippen LogP contribution in [0.4, 0.5) is 0 Å². The number of hydrogen-bond acceptors (Lipinski definition) is 5. The molecule has 0 bridgehead atoms. The lowest BCUT2D eigenvalue weighted by Crippen LogP contribution is -2.44. The van der Waals surface area contributed by atoms with Gasteiger partial charge in [-0.25, -0.2) is 0 Å². The van der Waals surface area contributed by atoms with Crippen LogP contribution in [-0.4, -0.2) is 46.0 Å². The van der Waals surface area contributed by atoms with Crippen LogP contribution in [0.15, 0.2) is 5.11 Å². The van der Waals surface area contributed by atoms with Crippen molar-refractivity contribution in [1.29, 1.82) is 0 Å². The number of azide groups is 1. The predicted molar refractivity (Wildman–Crippen MR) is 41.5 cm³/mol. The Balaban J connectivity index is 2.95. The Kier molecular flexibility index (Phi) is 2.74. The first kappa shape index (κ1) is 10.2. The highest BCUT2D eigenvalue weighted by atomic mass is 16.6. The van der Waals surface area contributed by atoms with E-state index in [0.717, 1.165) is 0 Å². The highest BCUT2D eigenvalue weighted by Gasteiger charge is 2.52. The molecule has 1 unspecified atom stereocenters. The first-order chi connectivity index (χ1) is 6.07. The number of rotatable bonds is 2. The quantitative estimate of drug-likeness (QED) is 0.297. The van der Waals surface area contributed by atoms with Gasteiger partial charge in [-0.15, -0.1) is 0 Å². The fraction of sp³-hybridized carbons (Fsp3) is 1.00. The molecule has 7 nitrogen and oxygen atoms in total. The molecule has 4 atom stereocenters. The van der Waals surface area contributed by atoms with Gasteiger partial charge in [0.25, 0.3) is 0 Å². The summed E-state index contributed by atoms with van der Waals surface area (Å²) in [6.07, 6.45) is -3.23. The molecule has 1 fully saturated rings. The van der Waals surface area contributed by atoms with Crippen molar-refractivity contribution in [3.05, 3.63) is 10.4 Å². The van der Waals surface area contributed by atoms with Crippen LogP contribution < -0.4 is 0 Å². The topological polar surface area (TPSA) is 119 Å². The minimum Gasteiger partial charge on any atom is -0.393 e. The third-order valence-electron chi connectivity index (χ3n) is 2.10. The molecule has 0 aliphatic carbocycles. The molecule has 0 aromatic heterocycles. The largest absolute Gasteiger partial charge is 0.393 e. The van der Waals surface area contributed by atoms with Gasteiger partial charge in [-0.1, -0.05) is 5.11 Å². The Hall–Kier alpha value is -0.850. The lowest BCUT2D eigenvalue weighted by Gasteiger charge is -2.23. The van der Waals surface area contributed by atoms with E-state index in [4.69, 9.17) is 15.4 Å². The Bertz CT molecular complexity index is 242. The van der Waals surface area contributed by atoms with E-state index >= 15 is 0 Å². The first-order valence-electron chi connectivity index (χ1n) is 3.78. The molecule has 0 radical (unpaired) electrons. The normalized spacial score (nSPS) is 44.5. The summed E-state index contributed by atoms with van der Waals surface area (Å²) in [5.74, 6) is 0. The summed E-state index contributed by atoms with van der Waals surface area (Å²) in [4.78, 5) is 2.45. The van der Waals surface area contributed by atoms with Crippen LogP contribution in [0.25, 0.3) is 10.4 Å². The summed E-state index contributed by atoms with van der Waals surface area (Å²) in [7, 11) is 0. The van der Waals surface area contributed by atoms with Crippen molar-refractivity contribution in [2.24, 2.45) is 5.11 Å². The number of ether oxygens (including phenoxy) is 1. The highest BCUT2D eigenvalue weighted by molar-refractivity contribution is 4.99. The number of hydrogen-bond donors (Lipinski definition) is 3. The van der Waals surface area contributed by atoms with Crippen molar-refractivity contribution in [3.63, 3.8) is 0 Å². The third kappa shape index (κ3) is 1.48. The lowest BCUT2D eigenvalue weighted by molar-refractivity contribution is -0.103. The molecule has 74 valence electrons. The molecule has 1 aliphatic heterocycles. The van der Waals surface area contributed by atoms with E-state index in [1.165, 1.54) is 6.92 Å². The standard InChI is InChI=1S/C6H11N3O4/c1-3-4(11)5(12)6(2-10,13-3)8-9-7/h3-5,10-12H,2H2,1H3/t3-,4+,5?,6+/m0/s1. The maximum absolute atomic E-state index is 9.41. The van der Waals surface area contributed by atoms with Gasteiger partial charge in [0, 0.05) is 4.91 Å². The maximum atomic E-state index is 9.41. The van der Waals surface area contributed by atoms with Crippen molar-refractivity contribution in [2.45, 2.75) is 31.0 Å². The molecule has 7 heteroatoms. The minimum atomic E-state index is -1.74. The van der Waals surface area contributed by atoms with Gasteiger partial charge in [0.2, 0.25) is 0 Å². The molecule has 13 heavy (non-hydrogen) atoms. The summed E-state index contributed by atoms with van der Waals surface area (Å²) >= 11 is 0. The van der Waals surface area contributed by atoms with Crippen LogP contribution in [0.2, 0.25) is 0 Å². The van der Waals surface area contributed by atoms with Crippen LogP contribution in [0.3, 0.4) is 0 Å². The van der Waals surface area contributed by atoms with Gasteiger partial charge in [0.05, 0.1) is 12.7 Å². The second kappa shape index (κ2) is 3.49. The van der Waals surface area contributed by atoms with Gasteiger partial charge in [0.15, 0.2) is 5.72 Å². The van der Waals surface area contributed by atoms with Crippen LogP contribution in [0, 0.1) is 0 Å². The number of nitrogens with zero attached hydrogens (tertiary/aromatic N) is 3. The van der Waals surface area contributed by atoms with Crippen molar-refractivity contribution < 1.29 is 20.1 Å². The van der Waals surface area contributed by atoms with Crippen LogP contribution in [-0.2, 0) is 4.74 Å². The molecule has 0 aromatic carbocycles. The highest BCUT2D eigenvalue weighted by Crippen LogP contribution is 2.32. The Morgan fingerprint density at radius 1 is 1.62 bits per heavy atom. The molecule has 3 N–H and O–H groups in total.